The van der Waals surface area contributed by atoms with Gasteiger partial charge in [0.25, 0.3) is 0 Å². The van der Waals surface area contributed by atoms with Gasteiger partial charge in [0.05, 0.1) is 49.2 Å². The van der Waals surface area contributed by atoms with Gasteiger partial charge in [-0.2, -0.15) is 18.3 Å². The van der Waals surface area contributed by atoms with Crippen molar-refractivity contribution in [3.05, 3.63) is 30.1 Å². The summed E-state index contributed by atoms with van der Waals surface area (Å²) in [6.07, 6.45) is -0.719. The number of carbonyl (C=O) groups is 1. The first kappa shape index (κ1) is 25.2. The van der Waals surface area contributed by atoms with Crippen LogP contribution >= 0.6 is 0 Å². The Hall–Kier alpha value is -2.91. The van der Waals surface area contributed by atoms with E-state index >= 15 is 0 Å². The molecule has 4 rings (SSSR count). The molecule has 0 radical (unpaired) electrons. The molecule has 35 heavy (non-hydrogen) atoms. The van der Waals surface area contributed by atoms with Crippen LogP contribution in [0, 0.1) is 17.3 Å². The van der Waals surface area contributed by atoms with E-state index in [0.29, 0.717) is 61.1 Å². The van der Waals surface area contributed by atoms with Crippen molar-refractivity contribution in [1.82, 2.24) is 15.2 Å². The second-order valence-corrected chi connectivity index (χ2v) is 9.53. The third kappa shape index (κ3) is 5.51. The molecule has 2 fully saturated rings. The predicted molar refractivity (Wildman–Crippen MR) is 121 cm³/mol. The van der Waals surface area contributed by atoms with Crippen LogP contribution in [0.15, 0.2) is 24.4 Å². The summed E-state index contributed by atoms with van der Waals surface area (Å²) in [5, 5.41) is 8.02. The summed E-state index contributed by atoms with van der Waals surface area (Å²) in [4.78, 5) is 17.2. The van der Waals surface area contributed by atoms with Crippen molar-refractivity contribution in [2.45, 2.75) is 58.0 Å². The Kier molecular flexibility index (Phi) is 7.19. The van der Waals surface area contributed by atoms with Gasteiger partial charge in [0.15, 0.2) is 0 Å². The van der Waals surface area contributed by atoms with E-state index in [-0.39, 0.29) is 30.6 Å². The second kappa shape index (κ2) is 9.99. The zero-order valence-corrected chi connectivity index (χ0v) is 20.1. The average molecular weight is 494 g/mol. The van der Waals surface area contributed by atoms with Crippen LogP contribution in [0.2, 0.25) is 0 Å². The van der Waals surface area contributed by atoms with Crippen LogP contribution in [0.1, 0.15) is 57.6 Å². The predicted octanol–water partition coefficient (Wildman–Crippen LogP) is 5.35. The zero-order valence-electron chi connectivity index (χ0n) is 20.1. The van der Waals surface area contributed by atoms with Crippen LogP contribution in [-0.2, 0) is 9.53 Å². The molecule has 0 N–H and O–H groups in total. The summed E-state index contributed by atoms with van der Waals surface area (Å²) < 4.78 is 55.2. The molecule has 2 saturated carbocycles. The molecule has 190 valence electrons. The van der Waals surface area contributed by atoms with Crippen LogP contribution in [0.5, 0.6) is 11.6 Å². The van der Waals surface area contributed by atoms with Gasteiger partial charge in [-0.25, -0.2) is 4.98 Å². The highest BCUT2D eigenvalue weighted by atomic mass is 19.4. The number of hydrogen-bond acceptors (Lipinski definition) is 7. The Morgan fingerprint density at radius 3 is 2.60 bits per heavy atom. The van der Waals surface area contributed by atoms with Crippen LogP contribution in [0.25, 0.3) is 11.3 Å². The van der Waals surface area contributed by atoms with Crippen molar-refractivity contribution in [2.24, 2.45) is 17.3 Å². The molecule has 0 unspecified atom stereocenters. The number of nitrogens with zero attached hydrogens (tertiary/aromatic N) is 3. The van der Waals surface area contributed by atoms with E-state index in [2.05, 4.69) is 10.2 Å². The first-order valence-electron chi connectivity index (χ1n) is 11.9. The molecule has 2 aromatic heterocycles. The van der Waals surface area contributed by atoms with Gasteiger partial charge in [0.1, 0.15) is 5.75 Å². The minimum absolute atomic E-state index is 0.0557. The largest absolute Gasteiger partial charge is 0.495 e. The van der Waals surface area contributed by atoms with E-state index in [4.69, 9.17) is 19.2 Å². The second-order valence-electron chi connectivity index (χ2n) is 9.53. The van der Waals surface area contributed by atoms with Gasteiger partial charge in [-0.15, -0.1) is 5.10 Å². The third-order valence-electron chi connectivity index (χ3n) is 7.12. The third-order valence-corrected chi connectivity index (χ3v) is 7.12. The zero-order chi connectivity index (χ0) is 25.2. The minimum Gasteiger partial charge on any atom is -0.495 e. The molecule has 0 saturated heterocycles. The van der Waals surface area contributed by atoms with Crippen LogP contribution < -0.4 is 9.47 Å². The van der Waals surface area contributed by atoms with E-state index in [0.717, 1.165) is 0 Å². The molecule has 7 nitrogen and oxygen atoms in total. The van der Waals surface area contributed by atoms with E-state index in [1.165, 1.54) is 0 Å². The molecule has 2 aliphatic carbocycles. The van der Waals surface area contributed by atoms with Crippen LogP contribution in [0.4, 0.5) is 13.2 Å². The Labute approximate surface area is 202 Å². The fourth-order valence-corrected chi connectivity index (χ4v) is 4.75. The first-order valence-corrected chi connectivity index (χ1v) is 11.9. The maximum Gasteiger partial charge on any atom is 0.391 e. The lowest BCUT2D eigenvalue weighted by molar-refractivity contribution is -0.184. The maximum absolute atomic E-state index is 12.9. The van der Waals surface area contributed by atoms with Crippen LogP contribution in [-0.4, -0.2) is 47.7 Å². The minimum atomic E-state index is -4.12. The van der Waals surface area contributed by atoms with E-state index in [9.17, 15) is 18.0 Å². The number of esters is 1. The summed E-state index contributed by atoms with van der Waals surface area (Å²) in [5.41, 5.74) is 1.36. The molecule has 0 bridgehead atoms. The van der Waals surface area contributed by atoms with Gasteiger partial charge in [0.2, 0.25) is 5.88 Å². The summed E-state index contributed by atoms with van der Waals surface area (Å²) >= 11 is 0. The maximum atomic E-state index is 12.9. The molecule has 2 atom stereocenters. The average Bonchev–Trinajstić information content (AvgIpc) is 3.55. The molecular formula is C25H30F3N3O4. The SMILES string of the molecule is CCOC(=O)[C@]1(C)C[C@H]1c1nc(-c2cnnc(OC[C@H]3CC[C@H](C(F)(F)F)CC3)c2)ccc1OC. The molecule has 10 heteroatoms. The van der Waals surface area contributed by atoms with Crippen molar-refractivity contribution in [3.63, 3.8) is 0 Å². The Morgan fingerprint density at radius 1 is 1.20 bits per heavy atom. The Morgan fingerprint density at radius 2 is 1.94 bits per heavy atom. The molecule has 0 amide bonds. The van der Waals surface area contributed by atoms with E-state index in [1.54, 1.807) is 32.4 Å². The number of hydrogen-bond donors (Lipinski definition) is 0. The van der Waals surface area contributed by atoms with E-state index < -0.39 is 17.5 Å². The number of carbonyl (C=O) groups excluding carboxylic acids is 1. The number of alkyl halides is 3. The molecule has 0 aliphatic heterocycles. The number of methoxy groups -OCH3 is 1. The molecule has 2 heterocycles. The monoisotopic (exact) mass is 493 g/mol. The van der Waals surface area contributed by atoms with Crippen molar-refractivity contribution in [1.29, 1.82) is 0 Å². The first-order chi connectivity index (χ1) is 16.7. The topological polar surface area (TPSA) is 83.4 Å². The van der Waals surface area contributed by atoms with Gasteiger partial charge < -0.3 is 14.2 Å². The highest BCUT2D eigenvalue weighted by Crippen LogP contribution is 2.61. The Bertz CT molecular complexity index is 1060. The lowest BCUT2D eigenvalue weighted by Gasteiger charge is -2.29. The van der Waals surface area contributed by atoms with Crippen molar-refractivity contribution in [2.75, 3.05) is 20.3 Å². The quantitative estimate of drug-likeness (QED) is 0.458. The highest BCUT2D eigenvalue weighted by molar-refractivity contribution is 5.82. The van der Waals surface area contributed by atoms with Crippen molar-refractivity contribution in [3.8, 4) is 22.9 Å². The molecule has 0 aromatic carbocycles. The van der Waals surface area contributed by atoms with Gasteiger partial charge in [-0.3, -0.25) is 4.79 Å². The summed E-state index contributed by atoms with van der Waals surface area (Å²) in [6, 6.07) is 5.32. The summed E-state index contributed by atoms with van der Waals surface area (Å²) in [7, 11) is 1.56. The van der Waals surface area contributed by atoms with Gasteiger partial charge in [0, 0.05) is 17.5 Å². The number of aromatic nitrogens is 3. The fraction of sp³-hybridized carbons (Fsp3) is 0.600. The standard InChI is InChI=1S/C25H30F3N3O4/c1-4-34-23(32)24(2)12-18(24)22-20(33-3)10-9-19(30-22)16-11-21(31-29-13-16)35-14-15-5-7-17(8-6-15)25(26,27)28/h9-11,13,15,17-18H,4-8,12,14H2,1-3H3/t15-,17-,18-,24+/m0/s1. The molecule has 0 spiro atoms. The van der Waals surface area contributed by atoms with Crippen molar-refractivity contribution < 1.29 is 32.2 Å². The van der Waals surface area contributed by atoms with E-state index in [1.807, 2.05) is 13.0 Å². The number of rotatable bonds is 8. The Balaban J connectivity index is 1.44. The lowest BCUT2D eigenvalue weighted by Crippen LogP contribution is -2.29. The fourth-order valence-electron chi connectivity index (χ4n) is 4.75. The molecular weight excluding hydrogens is 463 g/mol. The lowest BCUT2D eigenvalue weighted by atomic mass is 9.82. The van der Waals surface area contributed by atoms with Gasteiger partial charge >= 0.3 is 12.1 Å². The van der Waals surface area contributed by atoms with Crippen LogP contribution in [0.3, 0.4) is 0 Å². The number of halogens is 3. The number of pyridine rings is 1. The van der Waals surface area contributed by atoms with Gasteiger partial charge in [-0.1, -0.05) is 0 Å². The summed E-state index contributed by atoms with van der Waals surface area (Å²) in [5.74, 6) is -0.629. The normalized spacial score (nSPS) is 26.2. The van der Waals surface area contributed by atoms with Gasteiger partial charge in [-0.05, 0) is 64.0 Å². The number of ether oxygens (including phenoxy) is 3. The highest BCUT2D eigenvalue weighted by Gasteiger charge is 2.59. The smallest absolute Gasteiger partial charge is 0.391 e. The van der Waals surface area contributed by atoms with Crippen molar-refractivity contribution >= 4 is 5.97 Å². The molecule has 2 aliphatic rings. The molecule has 2 aromatic rings. The summed E-state index contributed by atoms with van der Waals surface area (Å²) in [6.45, 7) is 4.26.